The summed E-state index contributed by atoms with van der Waals surface area (Å²) in [6.45, 7) is 2.54. The zero-order valence-electron chi connectivity index (χ0n) is 17.2. The molecule has 0 radical (unpaired) electrons. The number of rotatable bonds is 9. The number of aliphatic imine (C=N–C) groups is 1. The second-order valence-corrected chi connectivity index (χ2v) is 6.95. The molecule has 1 aromatic rings. The summed E-state index contributed by atoms with van der Waals surface area (Å²) in [7, 11) is 0. The minimum atomic E-state index is -0.808. The van der Waals surface area contributed by atoms with Crippen molar-refractivity contribution in [2.75, 3.05) is 13.2 Å². The van der Waals surface area contributed by atoms with Crippen LogP contribution in [0, 0.1) is 0 Å². The molecule has 10 N–H and O–H groups in total. The minimum absolute atomic E-state index is 0. The van der Waals surface area contributed by atoms with Gasteiger partial charge in [-0.2, -0.15) is 0 Å². The Morgan fingerprint density at radius 1 is 1.26 bits per heavy atom. The molecule has 0 bridgehead atoms. The van der Waals surface area contributed by atoms with Crippen LogP contribution in [-0.2, 0) is 4.79 Å². The number of aliphatic hydroxyl groups excluding tert-OH is 1. The molecule has 0 saturated heterocycles. The molecule has 1 amide bonds. The molecule has 0 spiro atoms. The zero-order chi connectivity index (χ0) is 22.3. The van der Waals surface area contributed by atoms with Gasteiger partial charge in [0.1, 0.15) is 28.2 Å². The molecule has 10 nitrogen and oxygen atoms in total. The maximum atomic E-state index is 11.6. The largest absolute Gasteiger partial charge is 0.494 e. The van der Waals surface area contributed by atoms with Crippen LogP contribution in [0.4, 0.5) is 0 Å². The Morgan fingerprint density at radius 3 is 2.45 bits per heavy atom. The van der Waals surface area contributed by atoms with Crippen LogP contribution in [0.3, 0.4) is 0 Å². The smallest absolute Gasteiger partial charge is 0.268 e. The van der Waals surface area contributed by atoms with E-state index in [9.17, 15) is 4.79 Å². The topological polar surface area (TPSA) is 178 Å². The normalized spacial score (nSPS) is 15.3. The number of carbonyl (C=O) groups is 1. The Morgan fingerprint density at radius 2 is 1.90 bits per heavy atom. The number of nitrogens with two attached hydrogens (primary N) is 4. The number of guanidine groups is 1. The van der Waals surface area contributed by atoms with E-state index in [-0.39, 0.29) is 53.5 Å². The summed E-state index contributed by atoms with van der Waals surface area (Å²) in [6.07, 6.45) is 2.12. The summed E-state index contributed by atoms with van der Waals surface area (Å²) < 4.78 is 5.55. The van der Waals surface area contributed by atoms with Gasteiger partial charge in [-0.1, -0.05) is 37.1 Å². The van der Waals surface area contributed by atoms with Gasteiger partial charge in [-0.25, -0.2) is 9.89 Å². The summed E-state index contributed by atoms with van der Waals surface area (Å²) >= 11 is 6.06. The fraction of sp³-hybridized carbons (Fsp3) is 0.368. The van der Waals surface area contributed by atoms with Crippen molar-refractivity contribution in [3.8, 4) is 5.75 Å². The van der Waals surface area contributed by atoms with E-state index in [0.29, 0.717) is 25.2 Å². The van der Waals surface area contributed by atoms with Gasteiger partial charge in [0, 0.05) is 13.0 Å². The van der Waals surface area contributed by atoms with E-state index < -0.39 is 5.91 Å². The molecule has 1 unspecified atom stereocenters. The summed E-state index contributed by atoms with van der Waals surface area (Å²) in [4.78, 5) is 17.4. The number of nitrogens with one attached hydrogen (secondary N) is 1. The standard InChI is InChI=1S/C19H28ClN7O3.ClH/c1-2-4-13(11-5-7-12(8-6-11)30-10-3-9-28)25-19(24)27-16(21)14(18(23)29)26-15(20)17(27)22;/h5-8,13,26,28H,2-4,9-10,21-22H2,1H3,(H2,23,29)(H2,24,25);1H. The van der Waals surface area contributed by atoms with Crippen LogP contribution >= 0.6 is 24.0 Å². The van der Waals surface area contributed by atoms with Crippen molar-refractivity contribution < 1.29 is 14.6 Å². The van der Waals surface area contributed by atoms with Crippen LogP contribution in [0.2, 0.25) is 0 Å². The van der Waals surface area contributed by atoms with Crippen LogP contribution < -0.4 is 33.0 Å². The van der Waals surface area contributed by atoms with Crippen molar-refractivity contribution in [1.82, 2.24) is 10.2 Å². The van der Waals surface area contributed by atoms with Crippen molar-refractivity contribution in [1.29, 1.82) is 0 Å². The molecule has 31 heavy (non-hydrogen) atoms. The number of nitrogens with zero attached hydrogens (tertiary/aromatic N) is 2. The number of benzene rings is 1. The molecule has 12 heteroatoms. The fourth-order valence-electron chi connectivity index (χ4n) is 2.85. The van der Waals surface area contributed by atoms with E-state index in [1.165, 1.54) is 4.90 Å². The van der Waals surface area contributed by atoms with E-state index in [2.05, 4.69) is 10.3 Å². The average Bonchev–Trinajstić information content (AvgIpc) is 2.71. The van der Waals surface area contributed by atoms with Crippen molar-refractivity contribution in [3.63, 3.8) is 0 Å². The molecule has 1 aromatic carbocycles. The van der Waals surface area contributed by atoms with Gasteiger partial charge in [-0.05, 0) is 24.1 Å². The van der Waals surface area contributed by atoms with Crippen LogP contribution in [0.5, 0.6) is 5.75 Å². The van der Waals surface area contributed by atoms with E-state index in [1.54, 1.807) is 0 Å². The van der Waals surface area contributed by atoms with Crippen LogP contribution in [0.15, 0.2) is 51.8 Å². The van der Waals surface area contributed by atoms with Gasteiger partial charge in [-0.3, -0.25) is 4.79 Å². The Bertz CT molecular complexity index is 857. The predicted octanol–water partition coefficient (Wildman–Crippen LogP) is 0.868. The molecule has 0 fully saturated rings. The van der Waals surface area contributed by atoms with Gasteiger partial charge in [0.2, 0.25) is 5.96 Å². The molecule has 0 aliphatic carbocycles. The molecule has 0 aromatic heterocycles. The number of carbonyl (C=O) groups excluding carboxylic acids is 1. The summed E-state index contributed by atoms with van der Waals surface area (Å²) in [5.74, 6) is -0.224. The van der Waals surface area contributed by atoms with Crippen LogP contribution in [-0.4, -0.2) is 35.1 Å². The van der Waals surface area contributed by atoms with Crippen molar-refractivity contribution >= 4 is 35.9 Å². The number of halogens is 2. The number of ether oxygens (including phenoxy) is 1. The Kier molecular flexibility index (Phi) is 10.3. The first-order chi connectivity index (χ1) is 14.3. The quantitative estimate of drug-likeness (QED) is 0.132. The third-order valence-corrected chi connectivity index (χ3v) is 4.65. The highest BCUT2D eigenvalue weighted by molar-refractivity contribution is 6.30. The lowest BCUT2D eigenvalue weighted by Gasteiger charge is -2.31. The molecule has 1 heterocycles. The summed E-state index contributed by atoms with van der Waals surface area (Å²) in [6, 6.07) is 7.16. The number of amides is 1. The lowest BCUT2D eigenvalue weighted by atomic mass is 10.0. The Hall–Kier alpha value is -2.82. The minimum Gasteiger partial charge on any atom is -0.494 e. The second-order valence-electron chi connectivity index (χ2n) is 6.57. The fourth-order valence-corrected chi connectivity index (χ4v) is 3.03. The maximum Gasteiger partial charge on any atom is 0.268 e. The highest BCUT2D eigenvalue weighted by Gasteiger charge is 2.29. The first-order valence-corrected chi connectivity index (χ1v) is 9.86. The Balaban J connectivity index is 0.00000480. The molecule has 172 valence electrons. The molecule has 1 aliphatic heterocycles. The van der Waals surface area contributed by atoms with E-state index >= 15 is 0 Å². The molecule has 1 atom stereocenters. The third-order valence-electron chi connectivity index (χ3n) is 4.36. The lowest BCUT2D eigenvalue weighted by molar-refractivity contribution is -0.115. The van der Waals surface area contributed by atoms with Gasteiger partial charge < -0.3 is 38.1 Å². The molecular weight excluding hydrogens is 445 g/mol. The Labute approximate surface area is 192 Å². The SMILES string of the molecule is CCCC(N=C(N)N1C(N)=C(Cl)NC(C(N)=O)=C1N)c1ccc(OCCCO)cc1.Cl. The van der Waals surface area contributed by atoms with Gasteiger partial charge in [0.15, 0.2) is 0 Å². The monoisotopic (exact) mass is 473 g/mol. The first kappa shape index (κ1) is 26.2. The van der Waals surface area contributed by atoms with Gasteiger partial charge >= 0.3 is 0 Å². The third kappa shape index (κ3) is 6.58. The molecule has 1 aliphatic rings. The maximum absolute atomic E-state index is 11.6. The van der Waals surface area contributed by atoms with Crippen molar-refractivity contribution in [2.45, 2.75) is 32.2 Å². The predicted molar refractivity (Wildman–Crippen MR) is 123 cm³/mol. The van der Waals surface area contributed by atoms with E-state index in [4.69, 9.17) is 44.4 Å². The molecule has 0 saturated carbocycles. The van der Waals surface area contributed by atoms with E-state index in [0.717, 1.165) is 12.0 Å². The van der Waals surface area contributed by atoms with Crippen molar-refractivity contribution in [2.24, 2.45) is 27.9 Å². The highest BCUT2D eigenvalue weighted by atomic mass is 35.5. The van der Waals surface area contributed by atoms with Crippen LogP contribution in [0.1, 0.15) is 37.8 Å². The number of primary amides is 1. The zero-order valence-corrected chi connectivity index (χ0v) is 18.7. The number of hydrogen-bond acceptors (Lipinski definition) is 7. The number of hydrogen-bond donors (Lipinski definition) is 6. The molecular formula is C19H29Cl2N7O3. The van der Waals surface area contributed by atoms with Gasteiger partial charge in [-0.15, -0.1) is 12.4 Å². The van der Waals surface area contributed by atoms with Crippen LogP contribution in [0.25, 0.3) is 0 Å². The first-order valence-electron chi connectivity index (χ1n) is 9.48. The van der Waals surface area contributed by atoms with E-state index in [1.807, 2.05) is 31.2 Å². The van der Waals surface area contributed by atoms with Gasteiger partial charge in [0.25, 0.3) is 5.91 Å². The average molecular weight is 474 g/mol. The lowest BCUT2D eigenvalue weighted by Crippen LogP contribution is -2.49. The van der Waals surface area contributed by atoms with Gasteiger partial charge in [0.05, 0.1) is 12.6 Å². The highest BCUT2D eigenvalue weighted by Crippen LogP contribution is 2.27. The second kappa shape index (κ2) is 12.1. The number of aliphatic hydroxyl groups is 1. The summed E-state index contributed by atoms with van der Waals surface area (Å²) in [5.41, 5.74) is 24.3. The van der Waals surface area contributed by atoms with Crippen molar-refractivity contribution in [3.05, 3.63) is 52.3 Å². The summed E-state index contributed by atoms with van der Waals surface area (Å²) in [5, 5.41) is 11.4. The molecule has 2 rings (SSSR count).